The second-order valence-electron chi connectivity index (χ2n) is 4.71. The number of benzene rings is 1. The van der Waals surface area contributed by atoms with E-state index >= 15 is 0 Å². The predicted octanol–water partition coefficient (Wildman–Crippen LogP) is 1.97. The Labute approximate surface area is 129 Å². The summed E-state index contributed by atoms with van der Waals surface area (Å²) in [6.07, 6.45) is 2.20. The minimum atomic E-state index is -1.08. The number of hydrogen-bond acceptors (Lipinski definition) is 4. The first-order chi connectivity index (χ1) is 10.5. The molecule has 0 aliphatic carbocycles. The van der Waals surface area contributed by atoms with Gasteiger partial charge in [-0.3, -0.25) is 4.79 Å². The molecule has 1 atom stereocenters. The Morgan fingerprint density at radius 1 is 1.50 bits per heavy atom. The van der Waals surface area contributed by atoms with Crippen molar-refractivity contribution in [2.75, 3.05) is 6.61 Å². The standard InChI is InChI=1S/C16H18N2O4/c1-3-11(2)18-16(21)13(9-17)7-12-5-4-6-14(8-12)22-10-15(19)20/h4-8,11H,3,10H2,1-2H3,(H,18,21)(H,19,20)/b13-7+/t11-/m1/s1. The van der Waals surface area contributed by atoms with Crippen molar-refractivity contribution in [3.8, 4) is 11.8 Å². The lowest BCUT2D eigenvalue weighted by atomic mass is 10.1. The van der Waals surface area contributed by atoms with Crippen molar-refractivity contribution in [3.05, 3.63) is 35.4 Å². The number of ether oxygens (including phenoxy) is 1. The lowest BCUT2D eigenvalue weighted by Crippen LogP contribution is -2.32. The number of carboxylic acid groups (broad SMARTS) is 1. The number of nitriles is 1. The highest BCUT2D eigenvalue weighted by Crippen LogP contribution is 2.16. The molecular weight excluding hydrogens is 284 g/mol. The van der Waals surface area contributed by atoms with Crippen molar-refractivity contribution < 1.29 is 19.4 Å². The first-order valence-corrected chi connectivity index (χ1v) is 6.83. The van der Waals surface area contributed by atoms with Gasteiger partial charge in [-0.25, -0.2) is 4.79 Å². The molecule has 22 heavy (non-hydrogen) atoms. The topological polar surface area (TPSA) is 99.4 Å². The monoisotopic (exact) mass is 302 g/mol. The van der Waals surface area contributed by atoms with Gasteiger partial charge in [-0.2, -0.15) is 5.26 Å². The molecule has 0 heterocycles. The average molecular weight is 302 g/mol. The number of hydrogen-bond donors (Lipinski definition) is 2. The number of nitrogens with zero attached hydrogens (tertiary/aromatic N) is 1. The summed E-state index contributed by atoms with van der Waals surface area (Å²) >= 11 is 0. The van der Waals surface area contributed by atoms with Crippen LogP contribution in [0.5, 0.6) is 5.75 Å². The fourth-order valence-corrected chi connectivity index (χ4v) is 1.56. The van der Waals surface area contributed by atoms with E-state index in [0.717, 1.165) is 6.42 Å². The summed E-state index contributed by atoms with van der Waals surface area (Å²) < 4.78 is 5.05. The molecule has 0 unspecified atom stereocenters. The lowest BCUT2D eigenvalue weighted by Gasteiger charge is -2.10. The molecule has 0 spiro atoms. The van der Waals surface area contributed by atoms with E-state index in [-0.39, 0.29) is 11.6 Å². The van der Waals surface area contributed by atoms with E-state index in [1.807, 2.05) is 19.9 Å². The minimum absolute atomic E-state index is 0.0179. The van der Waals surface area contributed by atoms with Crippen LogP contribution in [0, 0.1) is 11.3 Å². The maximum atomic E-state index is 11.9. The SMILES string of the molecule is CC[C@@H](C)NC(=O)/C(C#N)=C/c1cccc(OCC(=O)O)c1. The van der Waals surface area contributed by atoms with E-state index < -0.39 is 18.5 Å². The highest BCUT2D eigenvalue weighted by Gasteiger charge is 2.11. The van der Waals surface area contributed by atoms with Crippen molar-refractivity contribution >= 4 is 18.0 Å². The molecule has 0 radical (unpaired) electrons. The Morgan fingerprint density at radius 2 is 2.23 bits per heavy atom. The molecule has 0 saturated carbocycles. The molecule has 1 aromatic rings. The largest absolute Gasteiger partial charge is 0.482 e. The summed E-state index contributed by atoms with van der Waals surface area (Å²) in [5, 5.41) is 20.4. The number of carboxylic acids is 1. The van der Waals surface area contributed by atoms with Crippen molar-refractivity contribution in [2.45, 2.75) is 26.3 Å². The molecule has 6 nitrogen and oxygen atoms in total. The van der Waals surface area contributed by atoms with Crippen molar-refractivity contribution in [1.82, 2.24) is 5.32 Å². The number of carbonyl (C=O) groups excluding carboxylic acids is 1. The summed E-state index contributed by atoms with van der Waals surface area (Å²) in [6.45, 7) is 3.34. The molecule has 0 bridgehead atoms. The van der Waals surface area contributed by atoms with Crippen molar-refractivity contribution in [2.24, 2.45) is 0 Å². The normalized spacial score (nSPS) is 12.1. The molecule has 1 rings (SSSR count). The fraction of sp³-hybridized carbons (Fsp3) is 0.312. The minimum Gasteiger partial charge on any atom is -0.482 e. The molecule has 116 valence electrons. The van der Waals surface area contributed by atoms with Gasteiger partial charge in [-0.05, 0) is 37.1 Å². The lowest BCUT2D eigenvalue weighted by molar-refractivity contribution is -0.139. The zero-order chi connectivity index (χ0) is 16.5. The molecule has 1 aromatic carbocycles. The Morgan fingerprint density at radius 3 is 2.82 bits per heavy atom. The highest BCUT2D eigenvalue weighted by atomic mass is 16.5. The molecule has 2 N–H and O–H groups in total. The van der Waals surface area contributed by atoms with Crippen LogP contribution in [0.1, 0.15) is 25.8 Å². The van der Waals surface area contributed by atoms with Gasteiger partial charge in [0.05, 0.1) is 0 Å². The summed E-state index contributed by atoms with van der Waals surface area (Å²) in [4.78, 5) is 22.4. The number of carbonyl (C=O) groups is 2. The summed E-state index contributed by atoms with van der Waals surface area (Å²) in [5.41, 5.74) is 0.564. The van der Waals surface area contributed by atoms with Gasteiger partial charge in [0.2, 0.25) is 0 Å². The number of aliphatic carboxylic acids is 1. The molecule has 6 heteroatoms. The average Bonchev–Trinajstić information content (AvgIpc) is 2.50. The molecule has 0 aliphatic rings. The van der Waals surface area contributed by atoms with Gasteiger partial charge in [-0.15, -0.1) is 0 Å². The van der Waals surface area contributed by atoms with Gasteiger partial charge in [0.1, 0.15) is 17.4 Å². The summed E-state index contributed by atoms with van der Waals surface area (Å²) in [5.74, 6) is -1.16. The fourth-order valence-electron chi connectivity index (χ4n) is 1.56. The molecule has 0 aromatic heterocycles. The molecule has 0 fully saturated rings. The maximum absolute atomic E-state index is 11.9. The zero-order valence-corrected chi connectivity index (χ0v) is 12.5. The third kappa shape index (κ3) is 5.67. The van der Waals surface area contributed by atoms with E-state index in [1.54, 1.807) is 24.3 Å². The maximum Gasteiger partial charge on any atom is 0.341 e. The smallest absolute Gasteiger partial charge is 0.341 e. The third-order valence-electron chi connectivity index (χ3n) is 2.89. The second kappa shape index (κ2) is 8.47. The van der Waals surface area contributed by atoms with E-state index in [1.165, 1.54) is 6.08 Å². The number of rotatable bonds is 7. The van der Waals surface area contributed by atoms with Crippen LogP contribution >= 0.6 is 0 Å². The van der Waals surface area contributed by atoms with E-state index in [2.05, 4.69) is 5.32 Å². The van der Waals surface area contributed by atoms with E-state index in [9.17, 15) is 9.59 Å². The van der Waals surface area contributed by atoms with Crippen LogP contribution in [0.4, 0.5) is 0 Å². The van der Waals surface area contributed by atoms with E-state index in [0.29, 0.717) is 11.3 Å². The van der Waals surface area contributed by atoms with Crippen molar-refractivity contribution in [1.29, 1.82) is 5.26 Å². The highest BCUT2D eigenvalue weighted by molar-refractivity contribution is 6.01. The first-order valence-electron chi connectivity index (χ1n) is 6.83. The van der Waals surface area contributed by atoms with Crippen LogP contribution in [-0.4, -0.2) is 29.6 Å². The summed E-state index contributed by atoms with van der Waals surface area (Å²) in [6, 6.07) is 8.37. The quantitative estimate of drug-likeness (QED) is 0.592. The second-order valence-corrected chi connectivity index (χ2v) is 4.71. The van der Waals surface area contributed by atoms with Crippen LogP contribution in [0.25, 0.3) is 6.08 Å². The van der Waals surface area contributed by atoms with Crippen LogP contribution in [-0.2, 0) is 9.59 Å². The molecule has 1 amide bonds. The molecular formula is C16H18N2O4. The van der Waals surface area contributed by atoms with Crippen LogP contribution in [0.3, 0.4) is 0 Å². The first kappa shape index (κ1) is 17.2. The Hall–Kier alpha value is -2.81. The summed E-state index contributed by atoms with van der Waals surface area (Å²) in [7, 11) is 0. The van der Waals surface area contributed by atoms with E-state index in [4.69, 9.17) is 15.1 Å². The number of amides is 1. The van der Waals surface area contributed by atoms with Gasteiger partial charge in [0.25, 0.3) is 5.91 Å². The molecule has 0 aliphatic heterocycles. The predicted molar refractivity (Wildman–Crippen MR) is 81.1 cm³/mol. The van der Waals surface area contributed by atoms with Crippen LogP contribution < -0.4 is 10.1 Å². The Kier molecular flexibility index (Phi) is 6.64. The number of nitrogens with one attached hydrogen (secondary N) is 1. The van der Waals surface area contributed by atoms with Crippen LogP contribution in [0.15, 0.2) is 29.8 Å². The van der Waals surface area contributed by atoms with Gasteiger partial charge in [0.15, 0.2) is 6.61 Å². The van der Waals surface area contributed by atoms with Gasteiger partial charge in [0, 0.05) is 6.04 Å². The van der Waals surface area contributed by atoms with Crippen molar-refractivity contribution in [3.63, 3.8) is 0 Å². The molecule has 0 saturated heterocycles. The third-order valence-corrected chi connectivity index (χ3v) is 2.89. The van der Waals surface area contributed by atoms with Gasteiger partial charge in [-0.1, -0.05) is 19.1 Å². The Bertz CT molecular complexity index is 617. The zero-order valence-electron chi connectivity index (χ0n) is 12.5. The Balaban J connectivity index is 2.89. The van der Waals surface area contributed by atoms with Crippen LogP contribution in [0.2, 0.25) is 0 Å². The van der Waals surface area contributed by atoms with Gasteiger partial charge >= 0.3 is 5.97 Å². The van der Waals surface area contributed by atoms with Gasteiger partial charge < -0.3 is 15.2 Å².